The van der Waals surface area contributed by atoms with E-state index < -0.39 is 5.82 Å². The van der Waals surface area contributed by atoms with Crippen LogP contribution in [0.4, 0.5) is 4.39 Å². The lowest BCUT2D eigenvalue weighted by Crippen LogP contribution is -1.91. The first-order valence-electron chi connectivity index (χ1n) is 7.60. The molecule has 0 radical (unpaired) electrons. The lowest BCUT2D eigenvalue weighted by molar-refractivity contribution is 0.386. The predicted molar refractivity (Wildman–Crippen MR) is 96.6 cm³/mol. The molecule has 0 saturated heterocycles. The van der Waals surface area contributed by atoms with Crippen molar-refractivity contribution < 1.29 is 13.9 Å². The number of hydrogen-bond acceptors (Lipinski definition) is 3. The number of benzene rings is 2. The molecule has 0 aliphatic carbocycles. The minimum atomic E-state index is -0.441. The van der Waals surface area contributed by atoms with Crippen LogP contribution in [0, 0.1) is 5.82 Å². The van der Waals surface area contributed by atoms with Crippen LogP contribution in [0.5, 0.6) is 11.5 Å². The van der Waals surface area contributed by atoms with E-state index >= 15 is 0 Å². The summed E-state index contributed by atoms with van der Waals surface area (Å²) in [7, 11) is 3.03. The van der Waals surface area contributed by atoms with Crippen molar-refractivity contribution in [2.24, 2.45) is 0 Å². The van der Waals surface area contributed by atoms with Gasteiger partial charge in [-0.15, -0.1) is 0 Å². The SMILES string of the molecule is CC.COc1ccc2c(Cl)nc(-c3ccc(OC)c(F)c3)cc2c1. The monoisotopic (exact) mass is 347 g/mol. The number of pyridine rings is 1. The highest BCUT2D eigenvalue weighted by molar-refractivity contribution is 6.34. The van der Waals surface area contributed by atoms with Gasteiger partial charge in [0.15, 0.2) is 11.6 Å². The van der Waals surface area contributed by atoms with Crippen LogP contribution in [0.1, 0.15) is 13.8 Å². The van der Waals surface area contributed by atoms with Gasteiger partial charge in [0, 0.05) is 10.9 Å². The molecule has 1 aromatic heterocycles. The Hall–Kier alpha value is -2.33. The van der Waals surface area contributed by atoms with Crippen LogP contribution in [0.2, 0.25) is 5.15 Å². The number of halogens is 2. The number of methoxy groups -OCH3 is 2. The maximum atomic E-state index is 13.9. The first-order valence-corrected chi connectivity index (χ1v) is 7.98. The summed E-state index contributed by atoms with van der Waals surface area (Å²) in [5.41, 5.74) is 1.22. The molecule has 0 saturated carbocycles. The van der Waals surface area contributed by atoms with Crippen molar-refractivity contribution in [1.82, 2.24) is 4.98 Å². The highest BCUT2D eigenvalue weighted by Crippen LogP contribution is 2.31. The second-order valence-electron chi connectivity index (χ2n) is 4.73. The molecule has 5 heteroatoms. The second kappa shape index (κ2) is 7.97. The molecule has 1 heterocycles. The molecule has 2 aromatic carbocycles. The molecule has 24 heavy (non-hydrogen) atoms. The van der Waals surface area contributed by atoms with Gasteiger partial charge >= 0.3 is 0 Å². The van der Waals surface area contributed by atoms with Gasteiger partial charge in [0.25, 0.3) is 0 Å². The first kappa shape index (κ1) is 18.0. The van der Waals surface area contributed by atoms with E-state index in [1.165, 1.54) is 13.2 Å². The van der Waals surface area contributed by atoms with Crippen LogP contribution >= 0.6 is 11.6 Å². The zero-order valence-electron chi connectivity index (χ0n) is 14.1. The number of ether oxygens (including phenoxy) is 2. The van der Waals surface area contributed by atoms with Gasteiger partial charge < -0.3 is 9.47 Å². The van der Waals surface area contributed by atoms with Crippen LogP contribution in [-0.4, -0.2) is 19.2 Å². The smallest absolute Gasteiger partial charge is 0.165 e. The van der Waals surface area contributed by atoms with Gasteiger partial charge in [0.2, 0.25) is 0 Å². The average Bonchev–Trinajstić information content (AvgIpc) is 2.62. The Kier molecular flexibility index (Phi) is 5.99. The van der Waals surface area contributed by atoms with Crippen LogP contribution in [0.3, 0.4) is 0 Å². The molecule has 0 atom stereocenters. The number of rotatable bonds is 3. The predicted octanol–water partition coefficient (Wildman–Crippen LogP) is 5.74. The number of aromatic nitrogens is 1. The highest BCUT2D eigenvalue weighted by atomic mass is 35.5. The summed E-state index contributed by atoms with van der Waals surface area (Å²) in [6.07, 6.45) is 0. The Morgan fingerprint density at radius 3 is 2.33 bits per heavy atom. The van der Waals surface area contributed by atoms with Gasteiger partial charge in [-0.3, -0.25) is 0 Å². The van der Waals surface area contributed by atoms with Crippen molar-refractivity contribution >= 4 is 22.4 Å². The van der Waals surface area contributed by atoms with Crippen molar-refractivity contribution in [2.45, 2.75) is 13.8 Å². The summed E-state index contributed by atoms with van der Waals surface area (Å²) < 4.78 is 24.0. The van der Waals surface area contributed by atoms with E-state index in [2.05, 4.69) is 4.98 Å². The van der Waals surface area contributed by atoms with Crippen LogP contribution in [-0.2, 0) is 0 Å². The molecule has 0 bridgehead atoms. The normalized spacial score (nSPS) is 10.1. The van der Waals surface area contributed by atoms with Crippen molar-refractivity contribution in [2.75, 3.05) is 14.2 Å². The quantitative estimate of drug-likeness (QED) is 0.566. The van der Waals surface area contributed by atoms with E-state index in [1.807, 2.05) is 38.1 Å². The molecule has 3 aromatic rings. The standard InChI is InChI=1S/C17H13ClFNO2.C2H6/c1-21-12-4-5-13-11(7-12)9-15(20-17(13)18)10-3-6-16(22-2)14(19)8-10;1-2/h3-9H,1-2H3;1-2H3. The van der Waals surface area contributed by atoms with Gasteiger partial charge in [0.1, 0.15) is 10.9 Å². The Balaban J connectivity index is 0.00000100. The van der Waals surface area contributed by atoms with Gasteiger partial charge in [-0.2, -0.15) is 0 Å². The molecule has 3 rings (SSSR count). The van der Waals surface area contributed by atoms with Crippen molar-refractivity contribution in [3.05, 3.63) is 53.4 Å². The first-order chi connectivity index (χ1) is 11.6. The van der Waals surface area contributed by atoms with Crippen molar-refractivity contribution in [3.63, 3.8) is 0 Å². The van der Waals surface area contributed by atoms with E-state index in [0.29, 0.717) is 16.4 Å². The molecule has 0 aliphatic heterocycles. The van der Waals surface area contributed by atoms with Crippen molar-refractivity contribution in [3.8, 4) is 22.8 Å². The molecule has 0 unspecified atom stereocenters. The van der Waals surface area contributed by atoms with Gasteiger partial charge in [-0.1, -0.05) is 25.4 Å². The number of hydrogen-bond donors (Lipinski definition) is 0. The summed E-state index contributed by atoms with van der Waals surface area (Å²) in [6.45, 7) is 4.00. The third-order valence-electron chi connectivity index (χ3n) is 3.44. The molecule has 0 N–H and O–H groups in total. The number of fused-ring (bicyclic) bond motifs is 1. The lowest BCUT2D eigenvalue weighted by Gasteiger charge is -2.08. The van der Waals surface area contributed by atoms with E-state index in [4.69, 9.17) is 21.1 Å². The van der Waals surface area contributed by atoms with Crippen LogP contribution < -0.4 is 9.47 Å². The summed E-state index contributed by atoms with van der Waals surface area (Å²) in [6, 6.07) is 12.1. The molecule has 0 spiro atoms. The zero-order valence-corrected chi connectivity index (χ0v) is 14.8. The van der Waals surface area contributed by atoms with Crippen molar-refractivity contribution in [1.29, 1.82) is 0 Å². The maximum absolute atomic E-state index is 13.9. The highest BCUT2D eigenvalue weighted by Gasteiger charge is 2.10. The third kappa shape index (κ3) is 3.60. The van der Waals surface area contributed by atoms with E-state index in [-0.39, 0.29) is 5.75 Å². The lowest BCUT2D eigenvalue weighted by atomic mass is 10.1. The Morgan fingerprint density at radius 1 is 0.958 bits per heavy atom. The molecular weight excluding hydrogens is 329 g/mol. The fourth-order valence-electron chi connectivity index (χ4n) is 2.29. The van der Waals surface area contributed by atoms with E-state index in [0.717, 1.165) is 16.5 Å². The zero-order chi connectivity index (χ0) is 17.7. The minimum absolute atomic E-state index is 0.192. The Labute approximate surface area is 146 Å². The molecular formula is C19H19ClFNO2. The topological polar surface area (TPSA) is 31.4 Å². The average molecular weight is 348 g/mol. The Bertz CT molecular complexity index is 852. The summed E-state index contributed by atoms with van der Waals surface area (Å²) in [4.78, 5) is 4.34. The van der Waals surface area contributed by atoms with Gasteiger partial charge in [0.05, 0.1) is 19.9 Å². The third-order valence-corrected chi connectivity index (χ3v) is 3.73. The molecule has 0 fully saturated rings. The fraction of sp³-hybridized carbons (Fsp3) is 0.211. The van der Waals surface area contributed by atoms with Gasteiger partial charge in [-0.05, 0) is 47.9 Å². The van der Waals surface area contributed by atoms with E-state index in [1.54, 1.807) is 19.2 Å². The van der Waals surface area contributed by atoms with E-state index in [9.17, 15) is 4.39 Å². The number of nitrogens with zero attached hydrogens (tertiary/aromatic N) is 1. The molecule has 0 aliphatic rings. The fourth-order valence-corrected chi connectivity index (χ4v) is 2.56. The second-order valence-corrected chi connectivity index (χ2v) is 5.09. The van der Waals surface area contributed by atoms with Crippen LogP contribution in [0.25, 0.3) is 22.0 Å². The summed E-state index contributed by atoms with van der Waals surface area (Å²) in [5.74, 6) is 0.475. The minimum Gasteiger partial charge on any atom is -0.497 e. The largest absolute Gasteiger partial charge is 0.497 e. The summed E-state index contributed by atoms with van der Waals surface area (Å²) >= 11 is 6.24. The molecule has 0 amide bonds. The maximum Gasteiger partial charge on any atom is 0.165 e. The van der Waals surface area contributed by atoms with Crippen LogP contribution in [0.15, 0.2) is 42.5 Å². The van der Waals surface area contributed by atoms with Gasteiger partial charge in [-0.25, -0.2) is 9.37 Å². The summed E-state index contributed by atoms with van der Waals surface area (Å²) in [5, 5.41) is 2.07. The molecule has 3 nitrogen and oxygen atoms in total. The Morgan fingerprint density at radius 2 is 1.71 bits per heavy atom. The molecule has 126 valence electrons.